The Balaban J connectivity index is 2.06. The zero-order valence-corrected chi connectivity index (χ0v) is 12.4. The lowest BCUT2D eigenvalue weighted by Crippen LogP contribution is -2.40. The average Bonchev–Trinajstić information content (AvgIpc) is 2.69. The number of sulfonamides is 1. The second-order valence-corrected chi connectivity index (χ2v) is 9.84. The quantitative estimate of drug-likeness (QED) is 0.878. The molecule has 1 N–H and O–H groups in total. The van der Waals surface area contributed by atoms with Gasteiger partial charge in [0, 0.05) is 6.04 Å². The van der Waals surface area contributed by atoms with Gasteiger partial charge in [0.2, 0.25) is 0 Å². The molecule has 6 nitrogen and oxygen atoms in total. The van der Waals surface area contributed by atoms with Crippen molar-refractivity contribution in [1.29, 1.82) is 0 Å². The van der Waals surface area contributed by atoms with Crippen LogP contribution >= 0.6 is 22.9 Å². The number of nitrogens with zero attached hydrogens (tertiary/aromatic N) is 1. The van der Waals surface area contributed by atoms with Crippen LogP contribution in [0.2, 0.25) is 4.47 Å². The van der Waals surface area contributed by atoms with Gasteiger partial charge in [-0.3, -0.25) is 0 Å². The van der Waals surface area contributed by atoms with Crippen LogP contribution in [0.3, 0.4) is 0 Å². The predicted octanol–water partition coefficient (Wildman–Crippen LogP) is 0.652. The number of hydrogen-bond acceptors (Lipinski definition) is 6. The Morgan fingerprint density at radius 2 is 2.00 bits per heavy atom. The predicted molar refractivity (Wildman–Crippen MR) is 69.1 cm³/mol. The monoisotopic (exact) mass is 330 g/mol. The van der Waals surface area contributed by atoms with Gasteiger partial charge in [0.25, 0.3) is 10.0 Å². The molecule has 1 aliphatic heterocycles. The molecule has 102 valence electrons. The number of halogens is 1. The van der Waals surface area contributed by atoms with Crippen molar-refractivity contribution in [2.24, 2.45) is 0 Å². The molecule has 18 heavy (non-hydrogen) atoms. The number of sulfone groups is 1. The third kappa shape index (κ3) is 3.41. The normalized spacial score (nSPS) is 20.9. The molecule has 0 unspecified atom stereocenters. The standard InChI is InChI=1S/C8H11ClN2O4S3/c9-8-10-5-7(16-8)18(14,15)11-6-1-3-17(12,13)4-2-6/h5-6,11H,1-4H2. The van der Waals surface area contributed by atoms with Crippen molar-refractivity contribution in [3.8, 4) is 0 Å². The maximum absolute atomic E-state index is 11.9. The summed E-state index contributed by atoms with van der Waals surface area (Å²) in [5, 5.41) is 0. The Kier molecular flexibility index (Phi) is 3.98. The minimum atomic E-state index is -3.65. The number of hydrogen-bond donors (Lipinski definition) is 1. The van der Waals surface area contributed by atoms with E-state index in [1.807, 2.05) is 0 Å². The molecular weight excluding hydrogens is 320 g/mol. The molecule has 0 saturated carbocycles. The van der Waals surface area contributed by atoms with Gasteiger partial charge in [0.1, 0.15) is 9.84 Å². The van der Waals surface area contributed by atoms with Gasteiger partial charge < -0.3 is 0 Å². The minimum Gasteiger partial charge on any atom is -0.232 e. The second-order valence-electron chi connectivity index (χ2n) is 3.98. The highest BCUT2D eigenvalue weighted by molar-refractivity contribution is 7.92. The molecule has 1 aromatic rings. The highest BCUT2D eigenvalue weighted by Crippen LogP contribution is 2.23. The lowest BCUT2D eigenvalue weighted by molar-refractivity contribution is 0.506. The van der Waals surface area contributed by atoms with Gasteiger partial charge in [-0.2, -0.15) is 0 Å². The molecule has 0 spiro atoms. The van der Waals surface area contributed by atoms with Crippen LogP contribution in [0.25, 0.3) is 0 Å². The molecular formula is C8H11ClN2O4S3. The molecule has 0 bridgehead atoms. The van der Waals surface area contributed by atoms with Crippen LogP contribution in [-0.2, 0) is 19.9 Å². The first kappa shape index (κ1) is 14.2. The summed E-state index contributed by atoms with van der Waals surface area (Å²) in [6.45, 7) is 0. The topological polar surface area (TPSA) is 93.2 Å². The lowest BCUT2D eigenvalue weighted by atomic mass is 10.2. The summed E-state index contributed by atoms with van der Waals surface area (Å²) >= 11 is 6.45. The molecule has 0 aromatic carbocycles. The average molecular weight is 331 g/mol. The first-order valence-corrected chi connectivity index (χ1v) is 9.62. The van der Waals surface area contributed by atoms with E-state index in [1.165, 1.54) is 6.20 Å². The van der Waals surface area contributed by atoms with Crippen molar-refractivity contribution >= 4 is 42.8 Å². The van der Waals surface area contributed by atoms with Gasteiger partial charge >= 0.3 is 0 Å². The van der Waals surface area contributed by atoms with Crippen LogP contribution in [0.4, 0.5) is 0 Å². The zero-order chi connectivity index (χ0) is 13.4. The van der Waals surface area contributed by atoms with E-state index in [9.17, 15) is 16.8 Å². The molecule has 0 aliphatic carbocycles. The van der Waals surface area contributed by atoms with Gasteiger partial charge in [0.05, 0.1) is 17.7 Å². The Morgan fingerprint density at radius 1 is 1.39 bits per heavy atom. The molecule has 0 atom stereocenters. The van der Waals surface area contributed by atoms with E-state index in [4.69, 9.17) is 11.6 Å². The fraction of sp³-hybridized carbons (Fsp3) is 0.625. The summed E-state index contributed by atoms with van der Waals surface area (Å²) in [4.78, 5) is 3.67. The van der Waals surface area contributed by atoms with Crippen LogP contribution < -0.4 is 4.72 Å². The summed E-state index contributed by atoms with van der Waals surface area (Å²) in [5.41, 5.74) is 0. The fourth-order valence-corrected chi connectivity index (χ4v) is 5.75. The van der Waals surface area contributed by atoms with Crippen molar-refractivity contribution < 1.29 is 16.8 Å². The van der Waals surface area contributed by atoms with E-state index < -0.39 is 19.9 Å². The summed E-state index contributed by atoms with van der Waals surface area (Å²) in [6, 6.07) is -0.348. The van der Waals surface area contributed by atoms with Crippen molar-refractivity contribution in [1.82, 2.24) is 9.71 Å². The third-order valence-electron chi connectivity index (χ3n) is 2.60. The highest BCUT2D eigenvalue weighted by atomic mass is 35.5. The van der Waals surface area contributed by atoms with E-state index in [0.717, 1.165) is 11.3 Å². The van der Waals surface area contributed by atoms with Crippen LogP contribution in [0.15, 0.2) is 10.4 Å². The SMILES string of the molecule is O=S1(=O)CCC(NS(=O)(=O)c2cnc(Cl)s2)CC1. The maximum Gasteiger partial charge on any atom is 0.251 e. The van der Waals surface area contributed by atoms with E-state index in [0.29, 0.717) is 12.8 Å². The summed E-state index contributed by atoms with van der Waals surface area (Å²) in [7, 11) is -6.65. The van der Waals surface area contributed by atoms with Crippen molar-refractivity contribution in [2.75, 3.05) is 11.5 Å². The smallest absolute Gasteiger partial charge is 0.232 e. The number of aromatic nitrogens is 1. The van der Waals surface area contributed by atoms with Gasteiger partial charge in [-0.1, -0.05) is 22.9 Å². The van der Waals surface area contributed by atoms with Crippen molar-refractivity contribution in [2.45, 2.75) is 23.1 Å². The van der Waals surface area contributed by atoms with Crippen molar-refractivity contribution in [3.05, 3.63) is 10.7 Å². The molecule has 0 radical (unpaired) electrons. The van der Waals surface area contributed by atoms with Crippen molar-refractivity contribution in [3.63, 3.8) is 0 Å². The van der Waals surface area contributed by atoms with Gasteiger partial charge in [-0.05, 0) is 12.8 Å². The Hall–Kier alpha value is -0.220. The molecule has 1 aromatic heterocycles. The third-order valence-corrected chi connectivity index (χ3v) is 7.41. The molecule has 0 amide bonds. The van der Waals surface area contributed by atoms with E-state index in [-0.39, 0.29) is 26.2 Å². The van der Waals surface area contributed by atoms with E-state index in [1.54, 1.807) is 0 Å². The summed E-state index contributed by atoms with van der Waals surface area (Å²) in [5.74, 6) is 0.0350. The molecule has 1 aliphatic rings. The maximum atomic E-state index is 11.9. The number of thiazole rings is 1. The molecule has 1 fully saturated rings. The Morgan fingerprint density at radius 3 is 2.50 bits per heavy atom. The van der Waals surface area contributed by atoms with E-state index >= 15 is 0 Å². The molecule has 10 heteroatoms. The van der Waals surface area contributed by atoms with Gasteiger partial charge in [0.15, 0.2) is 8.68 Å². The Labute approximate surface area is 114 Å². The van der Waals surface area contributed by atoms with Crippen LogP contribution in [-0.4, -0.2) is 39.4 Å². The largest absolute Gasteiger partial charge is 0.251 e. The van der Waals surface area contributed by atoms with Crippen LogP contribution in [0.5, 0.6) is 0 Å². The minimum absolute atomic E-state index is 0.0175. The van der Waals surface area contributed by atoms with Gasteiger partial charge in [-0.25, -0.2) is 26.5 Å². The summed E-state index contributed by atoms with van der Waals surface area (Å²) in [6.07, 6.45) is 1.79. The summed E-state index contributed by atoms with van der Waals surface area (Å²) < 4.78 is 49.0. The number of nitrogens with one attached hydrogen (secondary N) is 1. The van der Waals surface area contributed by atoms with Crippen LogP contribution in [0.1, 0.15) is 12.8 Å². The zero-order valence-electron chi connectivity index (χ0n) is 9.17. The fourth-order valence-electron chi connectivity index (χ4n) is 1.65. The molecule has 1 saturated heterocycles. The van der Waals surface area contributed by atoms with Gasteiger partial charge in [-0.15, -0.1) is 0 Å². The first-order valence-electron chi connectivity index (χ1n) is 5.13. The lowest BCUT2D eigenvalue weighted by Gasteiger charge is -2.22. The molecule has 2 heterocycles. The number of rotatable bonds is 3. The molecule has 2 rings (SSSR count). The first-order chi connectivity index (χ1) is 8.28. The highest BCUT2D eigenvalue weighted by Gasteiger charge is 2.28. The second kappa shape index (κ2) is 5.04. The Bertz CT molecular complexity index is 623. The van der Waals surface area contributed by atoms with E-state index in [2.05, 4.69) is 9.71 Å². The van der Waals surface area contributed by atoms with Crippen LogP contribution in [0, 0.1) is 0 Å².